The summed E-state index contributed by atoms with van der Waals surface area (Å²) >= 11 is 1.89. The van der Waals surface area contributed by atoms with Crippen molar-refractivity contribution < 1.29 is 4.42 Å². The Morgan fingerprint density at radius 3 is 1.30 bits per heavy atom. The summed E-state index contributed by atoms with van der Waals surface area (Å²) in [6.07, 6.45) is 0. The Kier molecular flexibility index (Phi) is 7.24. The van der Waals surface area contributed by atoms with Crippen LogP contribution in [0.4, 0.5) is 0 Å². The average molecular weight is 779 g/mol. The van der Waals surface area contributed by atoms with Crippen LogP contribution in [0.15, 0.2) is 211 Å². The molecule has 0 aliphatic heterocycles. The molecule has 0 N–H and O–H groups in total. The first-order chi connectivity index (χ1) is 29.8. The van der Waals surface area contributed by atoms with Crippen molar-refractivity contribution >= 4 is 96.5 Å². The van der Waals surface area contributed by atoms with Crippen LogP contribution in [0.3, 0.4) is 0 Å². The minimum Gasteiger partial charge on any atom is -0.456 e. The van der Waals surface area contributed by atoms with Crippen molar-refractivity contribution in [2.45, 2.75) is 0 Å². The van der Waals surface area contributed by atoms with E-state index in [1.165, 1.54) is 108 Å². The summed E-state index contributed by atoms with van der Waals surface area (Å²) in [6.45, 7) is 0. The fourth-order valence-electron chi connectivity index (χ4n) is 10.2. The Bertz CT molecular complexity index is 3770. The van der Waals surface area contributed by atoms with Crippen molar-refractivity contribution in [1.82, 2.24) is 0 Å². The molecule has 11 aromatic carbocycles. The molecule has 278 valence electrons. The van der Waals surface area contributed by atoms with Gasteiger partial charge in [0.1, 0.15) is 11.2 Å². The molecule has 0 unspecified atom stereocenters. The van der Waals surface area contributed by atoms with Crippen molar-refractivity contribution in [3.8, 4) is 44.5 Å². The average Bonchev–Trinajstić information content (AvgIpc) is 3.88. The minimum atomic E-state index is 0.911. The molecule has 0 saturated heterocycles. The van der Waals surface area contributed by atoms with Crippen LogP contribution >= 0.6 is 11.3 Å². The van der Waals surface area contributed by atoms with Crippen LogP contribution in [-0.2, 0) is 0 Å². The van der Waals surface area contributed by atoms with Crippen molar-refractivity contribution in [2.24, 2.45) is 0 Å². The number of rotatable bonds is 4. The lowest BCUT2D eigenvalue weighted by Gasteiger charge is -2.19. The predicted octanol–water partition coefficient (Wildman–Crippen LogP) is 17.2. The van der Waals surface area contributed by atoms with E-state index in [1.54, 1.807) is 0 Å². The van der Waals surface area contributed by atoms with E-state index in [1.807, 2.05) is 17.4 Å². The molecule has 0 saturated carbocycles. The van der Waals surface area contributed by atoms with Gasteiger partial charge < -0.3 is 4.42 Å². The second-order valence-corrected chi connectivity index (χ2v) is 16.9. The van der Waals surface area contributed by atoms with Crippen molar-refractivity contribution in [3.05, 3.63) is 206 Å². The zero-order valence-corrected chi connectivity index (χ0v) is 33.3. The van der Waals surface area contributed by atoms with Crippen LogP contribution in [0.1, 0.15) is 0 Å². The molecule has 0 radical (unpaired) electrons. The fraction of sp³-hybridized carbons (Fsp3) is 0. The third-order valence-corrected chi connectivity index (χ3v) is 13.8. The normalized spacial score (nSPS) is 12.0. The molecule has 2 aromatic heterocycles. The van der Waals surface area contributed by atoms with E-state index in [4.69, 9.17) is 4.42 Å². The lowest BCUT2D eigenvalue weighted by molar-refractivity contribution is 0.669. The second kappa shape index (κ2) is 13.0. The molecule has 0 aliphatic carbocycles. The van der Waals surface area contributed by atoms with Crippen LogP contribution in [0, 0.1) is 0 Å². The van der Waals surface area contributed by atoms with Crippen molar-refractivity contribution in [3.63, 3.8) is 0 Å². The summed E-state index contributed by atoms with van der Waals surface area (Å²) in [5.41, 5.74) is 11.8. The number of benzene rings is 11. The van der Waals surface area contributed by atoms with E-state index < -0.39 is 0 Å². The maximum Gasteiger partial charge on any atom is 0.135 e. The van der Waals surface area contributed by atoms with Gasteiger partial charge in [-0.25, -0.2) is 0 Å². The SMILES string of the molecule is c1ccc(-c2c3ccccc3c(-c3ccc4sc5cccc(-c6c7ccccc7c(-c7ccc8oc9ccccc9c8c7)c7ccccc67)c5c4c3)c3ccccc23)cc1. The first-order valence-corrected chi connectivity index (χ1v) is 21.4. The first-order valence-electron chi connectivity index (χ1n) is 20.6. The Hall–Kier alpha value is -7.52. The topological polar surface area (TPSA) is 13.1 Å². The van der Waals surface area contributed by atoms with Crippen LogP contribution in [0.5, 0.6) is 0 Å². The van der Waals surface area contributed by atoms with Gasteiger partial charge in [0.2, 0.25) is 0 Å². The molecular weight excluding hydrogens is 745 g/mol. The number of para-hydroxylation sites is 1. The molecule has 60 heavy (non-hydrogen) atoms. The zero-order chi connectivity index (χ0) is 39.3. The third-order valence-electron chi connectivity index (χ3n) is 12.6. The number of hydrogen-bond donors (Lipinski definition) is 0. The van der Waals surface area contributed by atoms with Crippen molar-refractivity contribution in [1.29, 1.82) is 0 Å². The summed E-state index contributed by atoms with van der Waals surface area (Å²) < 4.78 is 8.85. The maximum absolute atomic E-state index is 6.27. The molecule has 2 heterocycles. The van der Waals surface area contributed by atoms with Gasteiger partial charge in [0, 0.05) is 30.9 Å². The smallest absolute Gasteiger partial charge is 0.135 e. The van der Waals surface area contributed by atoms with Crippen LogP contribution in [0.2, 0.25) is 0 Å². The van der Waals surface area contributed by atoms with Gasteiger partial charge in [-0.2, -0.15) is 0 Å². The standard InChI is InChI=1S/C58H34OS/c1-2-15-35(16-3-1)54-39-18-4-6-20-41(39)56(42-21-7-5-19-40(42)54)37-30-32-52-49(34-37)58-47(26-14-28-53(58)60-52)57-45-24-10-8-22-43(45)55(44-23-9-11-25-46(44)57)36-29-31-51-48(33-36)38-17-12-13-27-50(38)59-51/h1-34H. The van der Waals surface area contributed by atoms with Gasteiger partial charge in [0.15, 0.2) is 0 Å². The van der Waals surface area contributed by atoms with Gasteiger partial charge >= 0.3 is 0 Å². The Labute approximate surface area is 350 Å². The van der Waals surface area contributed by atoms with Gasteiger partial charge in [0.05, 0.1) is 0 Å². The first kappa shape index (κ1) is 33.5. The summed E-state index contributed by atoms with van der Waals surface area (Å²) in [4.78, 5) is 0. The summed E-state index contributed by atoms with van der Waals surface area (Å²) in [5, 5.41) is 14.9. The van der Waals surface area contributed by atoms with E-state index in [9.17, 15) is 0 Å². The highest BCUT2D eigenvalue weighted by molar-refractivity contribution is 7.26. The van der Waals surface area contributed by atoms with Gasteiger partial charge in [-0.1, -0.05) is 170 Å². The highest BCUT2D eigenvalue weighted by Crippen LogP contribution is 2.50. The highest BCUT2D eigenvalue weighted by atomic mass is 32.1. The van der Waals surface area contributed by atoms with E-state index in [-0.39, 0.29) is 0 Å². The fourth-order valence-corrected chi connectivity index (χ4v) is 11.3. The molecule has 13 rings (SSSR count). The van der Waals surface area contributed by atoms with E-state index in [0.29, 0.717) is 0 Å². The number of thiophene rings is 1. The zero-order valence-electron chi connectivity index (χ0n) is 32.4. The van der Waals surface area contributed by atoms with Crippen molar-refractivity contribution in [2.75, 3.05) is 0 Å². The van der Waals surface area contributed by atoms with Crippen LogP contribution in [0.25, 0.3) is 130 Å². The predicted molar refractivity (Wildman–Crippen MR) is 258 cm³/mol. The maximum atomic E-state index is 6.27. The Balaban J connectivity index is 1.08. The van der Waals surface area contributed by atoms with Crippen LogP contribution < -0.4 is 0 Å². The van der Waals surface area contributed by atoms with Gasteiger partial charge in [-0.3, -0.25) is 0 Å². The molecule has 2 heteroatoms. The molecule has 0 spiro atoms. The van der Waals surface area contributed by atoms with Crippen LogP contribution in [-0.4, -0.2) is 0 Å². The van der Waals surface area contributed by atoms with Gasteiger partial charge in [-0.15, -0.1) is 11.3 Å². The summed E-state index contributed by atoms with van der Waals surface area (Å²) in [7, 11) is 0. The number of hydrogen-bond acceptors (Lipinski definition) is 2. The largest absolute Gasteiger partial charge is 0.456 e. The number of fused-ring (bicyclic) bond motifs is 10. The van der Waals surface area contributed by atoms with Gasteiger partial charge in [0.25, 0.3) is 0 Å². The molecule has 0 aliphatic rings. The molecule has 13 aromatic rings. The minimum absolute atomic E-state index is 0.911. The molecule has 0 fully saturated rings. The Morgan fingerprint density at radius 2 is 0.717 bits per heavy atom. The number of furan rings is 1. The lowest BCUT2D eigenvalue weighted by Crippen LogP contribution is -1.91. The second-order valence-electron chi connectivity index (χ2n) is 15.8. The summed E-state index contributed by atoms with van der Waals surface area (Å²) in [6, 6.07) is 75.8. The molecule has 0 atom stereocenters. The van der Waals surface area contributed by atoms with E-state index >= 15 is 0 Å². The molecule has 0 amide bonds. The molecule has 1 nitrogen and oxygen atoms in total. The quantitative estimate of drug-likeness (QED) is 0.162. The monoisotopic (exact) mass is 778 g/mol. The van der Waals surface area contributed by atoms with Gasteiger partial charge in [-0.05, 0) is 124 Å². The molecule has 0 bridgehead atoms. The Morgan fingerprint density at radius 1 is 0.267 bits per heavy atom. The summed E-state index contributed by atoms with van der Waals surface area (Å²) in [5.74, 6) is 0. The van der Waals surface area contributed by atoms with E-state index in [2.05, 4.69) is 200 Å². The molecular formula is C58H34OS. The third kappa shape index (κ3) is 4.86. The van der Waals surface area contributed by atoms with E-state index in [0.717, 1.165) is 21.9 Å². The lowest BCUT2D eigenvalue weighted by atomic mass is 9.84. The highest BCUT2D eigenvalue weighted by Gasteiger charge is 2.22.